The Morgan fingerprint density at radius 3 is 2.75 bits per heavy atom. The third-order valence-corrected chi connectivity index (χ3v) is 3.65. The molecule has 0 spiro atoms. The summed E-state index contributed by atoms with van der Waals surface area (Å²) in [5, 5.41) is 9.84. The van der Waals surface area contributed by atoms with Crippen molar-refractivity contribution in [2.24, 2.45) is 0 Å². The number of anilines is 2. The number of halogens is 1. The number of benzene rings is 2. The minimum Gasteiger partial charge on any atom is -0.491 e. The van der Waals surface area contributed by atoms with Crippen LogP contribution in [0.5, 0.6) is 5.75 Å². The van der Waals surface area contributed by atoms with Crippen molar-refractivity contribution in [3.63, 3.8) is 0 Å². The third kappa shape index (κ3) is 2.19. The van der Waals surface area contributed by atoms with Crippen LogP contribution in [0.15, 0.2) is 42.5 Å². The lowest BCUT2D eigenvalue weighted by Gasteiger charge is -2.25. The van der Waals surface area contributed by atoms with Crippen molar-refractivity contribution < 1.29 is 4.74 Å². The van der Waals surface area contributed by atoms with Crippen molar-refractivity contribution in [3.05, 3.63) is 53.1 Å². The molecule has 0 saturated carbocycles. The van der Waals surface area contributed by atoms with E-state index in [4.69, 9.17) is 16.3 Å². The summed E-state index contributed by atoms with van der Waals surface area (Å²) in [6.07, 6.45) is 0.895. The van der Waals surface area contributed by atoms with Crippen LogP contribution >= 0.6 is 11.6 Å². The number of nitrogens with zero attached hydrogens (tertiary/aromatic N) is 2. The first-order valence-corrected chi connectivity index (χ1v) is 6.87. The first-order chi connectivity index (χ1) is 9.81. The van der Waals surface area contributed by atoms with Crippen molar-refractivity contribution >= 4 is 23.0 Å². The normalized spacial score (nSPS) is 13.9. The number of hydrogen-bond donors (Lipinski definition) is 0. The van der Waals surface area contributed by atoms with Crippen LogP contribution in [0.2, 0.25) is 5.02 Å². The predicted octanol–water partition coefficient (Wildman–Crippen LogP) is 4.13. The second kappa shape index (κ2) is 5.44. The average molecular weight is 285 g/mol. The molecule has 1 aliphatic rings. The summed E-state index contributed by atoms with van der Waals surface area (Å²) >= 11 is 6.14. The standard InChI is InChI=1S/C16H13ClN2O/c17-13-5-3-7-14(12(13)11-18)19-9-4-10-20-16-8-2-1-6-15(16)19/h1-3,5-8H,4,9-10H2. The number of para-hydroxylation sites is 2. The summed E-state index contributed by atoms with van der Waals surface area (Å²) in [7, 11) is 0. The Morgan fingerprint density at radius 2 is 1.90 bits per heavy atom. The van der Waals surface area contributed by atoms with Gasteiger partial charge in [-0.1, -0.05) is 29.8 Å². The summed E-state index contributed by atoms with van der Waals surface area (Å²) in [4.78, 5) is 2.10. The van der Waals surface area contributed by atoms with Gasteiger partial charge in [0.1, 0.15) is 11.8 Å². The monoisotopic (exact) mass is 284 g/mol. The maximum absolute atomic E-state index is 9.36. The van der Waals surface area contributed by atoms with Gasteiger partial charge in [-0.15, -0.1) is 0 Å². The lowest BCUT2D eigenvalue weighted by molar-refractivity contribution is 0.322. The molecule has 0 amide bonds. The Balaban J connectivity index is 2.16. The highest BCUT2D eigenvalue weighted by Gasteiger charge is 2.20. The second-order valence-corrected chi connectivity index (χ2v) is 4.97. The zero-order valence-electron chi connectivity index (χ0n) is 10.8. The Morgan fingerprint density at radius 1 is 1.10 bits per heavy atom. The first-order valence-electron chi connectivity index (χ1n) is 6.49. The molecule has 3 rings (SSSR count). The van der Waals surface area contributed by atoms with E-state index in [-0.39, 0.29) is 0 Å². The van der Waals surface area contributed by atoms with E-state index in [9.17, 15) is 5.26 Å². The van der Waals surface area contributed by atoms with Crippen LogP contribution in [-0.4, -0.2) is 13.2 Å². The van der Waals surface area contributed by atoms with E-state index in [1.165, 1.54) is 0 Å². The molecule has 0 saturated heterocycles. The topological polar surface area (TPSA) is 36.3 Å². The van der Waals surface area contributed by atoms with E-state index in [1.807, 2.05) is 36.4 Å². The maximum atomic E-state index is 9.36. The molecule has 4 heteroatoms. The van der Waals surface area contributed by atoms with Gasteiger partial charge in [-0.25, -0.2) is 0 Å². The molecule has 0 unspecified atom stereocenters. The van der Waals surface area contributed by atoms with Gasteiger partial charge in [0, 0.05) is 6.54 Å². The van der Waals surface area contributed by atoms with Crippen LogP contribution in [-0.2, 0) is 0 Å². The quantitative estimate of drug-likeness (QED) is 0.790. The van der Waals surface area contributed by atoms with Crippen LogP contribution in [0, 0.1) is 11.3 Å². The van der Waals surface area contributed by atoms with E-state index < -0.39 is 0 Å². The van der Waals surface area contributed by atoms with E-state index in [2.05, 4.69) is 11.0 Å². The van der Waals surface area contributed by atoms with Crippen molar-refractivity contribution in [2.75, 3.05) is 18.1 Å². The lowest BCUT2D eigenvalue weighted by atomic mass is 10.1. The molecule has 0 aromatic heterocycles. The van der Waals surface area contributed by atoms with Gasteiger partial charge in [-0.2, -0.15) is 5.26 Å². The lowest BCUT2D eigenvalue weighted by Crippen LogP contribution is -2.18. The minimum absolute atomic E-state index is 0.479. The molecule has 2 aromatic carbocycles. The largest absolute Gasteiger partial charge is 0.491 e. The first kappa shape index (κ1) is 12.8. The van der Waals surface area contributed by atoms with Gasteiger partial charge < -0.3 is 9.64 Å². The van der Waals surface area contributed by atoms with Crippen LogP contribution in [0.1, 0.15) is 12.0 Å². The number of rotatable bonds is 1. The van der Waals surface area contributed by atoms with Crippen LogP contribution < -0.4 is 9.64 Å². The number of ether oxygens (including phenoxy) is 1. The fraction of sp³-hybridized carbons (Fsp3) is 0.188. The highest BCUT2D eigenvalue weighted by molar-refractivity contribution is 6.32. The molecule has 100 valence electrons. The van der Waals surface area contributed by atoms with Gasteiger partial charge in [0.25, 0.3) is 0 Å². The van der Waals surface area contributed by atoms with Crippen molar-refractivity contribution in [3.8, 4) is 11.8 Å². The molecule has 0 aliphatic carbocycles. The Hall–Kier alpha value is -2.18. The molecular formula is C16H13ClN2O. The van der Waals surface area contributed by atoms with E-state index in [1.54, 1.807) is 6.07 Å². The summed E-state index contributed by atoms with van der Waals surface area (Å²) in [5.74, 6) is 0.842. The van der Waals surface area contributed by atoms with Crippen molar-refractivity contribution in [2.45, 2.75) is 6.42 Å². The number of hydrogen-bond acceptors (Lipinski definition) is 3. The van der Waals surface area contributed by atoms with Crippen molar-refractivity contribution in [1.29, 1.82) is 5.26 Å². The highest BCUT2D eigenvalue weighted by Crippen LogP contribution is 2.38. The minimum atomic E-state index is 0.479. The summed E-state index contributed by atoms with van der Waals surface area (Å²) in [6, 6.07) is 15.6. The molecule has 1 aliphatic heterocycles. The fourth-order valence-electron chi connectivity index (χ4n) is 2.43. The van der Waals surface area contributed by atoms with Gasteiger partial charge >= 0.3 is 0 Å². The van der Waals surface area contributed by atoms with Gasteiger partial charge in [-0.05, 0) is 30.7 Å². The summed E-state index contributed by atoms with van der Waals surface area (Å²) in [5.41, 5.74) is 2.31. The molecule has 0 atom stereocenters. The molecule has 20 heavy (non-hydrogen) atoms. The highest BCUT2D eigenvalue weighted by atomic mass is 35.5. The number of nitriles is 1. The van der Waals surface area contributed by atoms with Crippen LogP contribution in [0.3, 0.4) is 0 Å². The molecular weight excluding hydrogens is 272 g/mol. The van der Waals surface area contributed by atoms with Gasteiger partial charge in [0.2, 0.25) is 0 Å². The SMILES string of the molecule is N#Cc1c(Cl)cccc1N1CCCOc2ccccc21. The third-order valence-electron chi connectivity index (χ3n) is 3.33. The molecule has 3 nitrogen and oxygen atoms in total. The Labute approximate surface area is 123 Å². The fourth-order valence-corrected chi connectivity index (χ4v) is 2.64. The van der Waals surface area contributed by atoms with E-state index >= 15 is 0 Å². The van der Waals surface area contributed by atoms with E-state index in [0.717, 1.165) is 30.1 Å². The summed E-state index contributed by atoms with van der Waals surface area (Å²) < 4.78 is 5.75. The maximum Gasteiger partial charge on any atom is 0.142 e. The van der Waals surface area contributed by atoms with Gasteiger partial charge in [0.15, 0.2) is 0 Å². The summed E-state index contributed by atoms with van der Waals surface area (Å²) in [6.45, 7) is 1.47. The zero-order valence-corrected chi connectivity index (χ0v) is 11.6. The predicted molar refractivity (Wildman–Crippen MR) is 79.7 cm³/mol. The molecule has 1 heterocycles. The molecule has 0 fully saturated rings. The molecule has 0 bridgehead atoms. The van der Waals surface area contributed by atoms with E-state index in [0.29, 0.717) is 17.2 Å². The Kier molecular flexibility index (Phi) is 3.49. The van der Waals surface area contributed by atoms with Crippen molar-refractivity contribution in [1.82, 2.24) is 0 Å². The van der Waals surface area contributed by atoms with Gasteiger partial charge in [0.05, 0.1) is 28.6 Å². The second-order valence-electron chi connectivity index (χ2n) is 4.57. The molecule has 2 aromatic rings. The molecule has 0 radical (unpaired) electrons. The smallest absolute Gasteiger partial charge is 0.142 e. The zero-order chi connectivity index (χ0) is 13.9. The molecule has 0 N–H and O–H groups in total. The van der Waals surface area contributed by atoms with Crippen LogP contribution in [0.4, 0.5) is 11.4 Å². The van der Waals surface area contributed by atoms with Gasteiger partial charge in [-0.3, -0.25) is 0 Å². The Bertz CT molecular complexity index is 678. The number of fused-ring (bicyclic) bond motifs is 1. The van der Waals surface area contributed by atoms with Crippen LogP contribution in [0.25, 0.3) is 0 Å². The average Bonchev–Trinajstić information content (AvgIpc) is 2.69.